The van der Waals surface area contributed by atoms with Crippen molar-refractivity contribution < 1.29 is 8.42 Å². The van der Waals surface area contributed by atoms with Crippen molar-refractivity contribution in [3.05, 3.63) is 17.3 Å². The molecule has 1 aliphatic carbocycles. The number of hydrogen-bond donors (Lipinski definition) is 2. The third-order valence-electron chi connectivity index (χ3n) is 3.78. The molecule has 0 aromatic carbocycles. The third kappa shape index (κ3) is 3.42. The van der Waals surface area contributed by atoms with E-state index in [2.05, 4.69) is 21.9 Å². The first-order valence-corrected chi connectivity index (χ1v) is 8.66. The maximum Gasteiger partial charge on any atom is 0.242 e. The van der Waals surface area contributed by atoms with Crippen molar-refractivity contribution in [1.82, 2.24) is 9.71 Å². The summed E-state index contributed by atoms with van der Waals surface area (Å²) in [5, 5.41) is 3.10. The molecule has 0 spiro atoms. The number of sulfonamides is 1. The molecule has 7 heteroatoms. The lowest BCUT2D eigenvalue weighted by molar-refractivity contribution is 0.310. The van der Waals surface area contributed by atoms with Gasteiger partial charge < -0.3 is 5.32 Å². The van der Waals surface area contributed by atoms with Gasteiger partial charge in [-0.05, 0) is 24.8 Å². The van der Waals surface area contributed by atoms with Crippen LogP contribution < -0.4 is 10.0 Å². The van der Waals surface area contributed by atoms with E-state index in [1.165, 1.54) is 18.7 Å². The van der Waals surface area contributed by atoms with Crippen molar-refractivity contribution in [3.63, 3.8) is 0 Å². The Morgan fingerprint density at radius 3 is 2.65 bits per heavy atom. The van der Waals surface area contributed by atoms with Crippen LogP contribution >= 0.6 is 11.6 Å². The van der Waals surface area contributed by atoms with Crippen molar-refractivity contribution in [2.75, 3.05) is 12.4 Å². The van der Waals surface area contributed by atoms with Gasteiger partial charge in [0.05, 0.1) is 5.02 Å². The van der Waals surface area contributed by atoms with E-state index in [9.17, 15) is 8.42 Å². The minimum Gasteiger partial charge on any atom is -0.372 e. The number of pyridine rings is 1. The fourth-order valence-electron chi connectivity index (χ4n) is 2.51. The quantitative estimate of drug-likeness (QED) is 0.895. The van der Waals surface area contributed by atoms with E-state index in [-0.39, 0.29) is 10.9 Å². The fraction of sp³-hybridized carbons (Fsp3) is 0.615. The molecule has 112 valence electrons. The molecular formula is C13H20ClN3O2S. The van der Waals surface area contributed by atoms with Gasteiger partial charge in [-0.1, -0.05) is 31.4 Å². The zero-order valence-electron chi connectivity index (χ0n) is 11.7. The second kappa shape index (κ2) is 6.28. The molecule has 2 rings (SSSR count). The first-order valence-electron chi connectivity index (χ1n) is 6.79. The number of nitrogens with zero attached hydrogens (tertiary/aromatic N) is 1. The molecular weight excluding hydrogens is 298 g/mol. The van der Waals surface area contributed by atoms with Crippen LogP contribution in [0.3, 0.4) is 0 Å². The molecule has 1 saturated carbocycles. The Hall–Kier alpha value is -0.850. The molecule has 1 aliphatic rings. The minimum atomic E-state index is -3.57. The van der Waals surface area contributed by atoms with Crippen LogP contribution in [0, 0.1) is 5.92 Å². The first-order chi connectivity index (χ1) is 9.44. The third-order valence-corrected chi connectivity index (χ3v) is 5.53. The van der Waals surface area contributed by atoms with E-state index < -0.39 is 10.0 Å². The zero-order chi connectivity index (χ0) is 14.8. The zero-order valence-corrected chi connectivity index (χ0v) is 13.3. The average molecular weight is 318 g/mol. The molecule has 0 aliphatic heterocycles. The van der Waals surface area contributed by atoms with Gasteiger partial charge in [0.15, 0.2) is 0 Å². The molecule has 1 aromatic rings. The van der Waals surface area contributed by atoms with E-state index in [1.807, 2.05) is 0 Å². The summed E-state index contributed by atoms with van der Waals surface area (Å²) in [6.45, 7) is 2.08. The molecule has 1 aromatic heterocycles. The lowest BCUT2D eigenvalue weighted by atomic mass is 9.87. The van der Waals surface area contributed by atoms with Gasteiger partial charge >= 0.3 is 0 Å². The Labute approximate surface area is 125 Å². The highest BCUT2D eigenvalue weighted by atomic mass is 35.5. The molecule has 1 fully saturated rings. The molecule has 0 saturated heterocycles. The van der Waals surface area contributed by atoms with Gasteiger partial charge in [-0.25, -0.2) is 18.1 Å². The fourth-order valence-corrected chi connectivity index (χ4v) is 4.18. The van der Waals surface area contributed by atoms with Gasteiger partial charge in [-0.3, -0.25) is 0 Å². The highest BCUT2D eigenvalue weighted by Gasteiger charge is 2.27. The van der Waals surface area contributed by atoms with Gasteiger partial charge in [0.1, 0.15) is 10.7 Å². The van der Waals surface area contributed by atoms with Gasteiger partial charge in [0, 0.05) is 19.3 Å². The summed E-state index contributed by atoms with van der Waals surface area (Å²) in [6.07, 6.45) is 5.51. The summed E-state index contributed by atoms with van der Waals surface area (Å²) >= 11 is 5.99. The Morgan fingerprint density at radius 1 is 1.35 bits per heavy atom. The number of halogens is 1. The van der Waals surface area contributed by atoms with Crippen LogP contribution in [0.25, 0.3) is 0 Å². The molecule has 1 heterocycles. The van der Waals surface area contributed by atoms with Crippen molar-refractivity contribution >= 4 is 27.4 Å². The normalized spacial score (nSPS) is 23.6. The van der Waals surface area contributed by atoms with E-state index >= 15 is 0 Å². The lowest BCUT2D eigenvalue weighted by Gasteiger charge is -2.29. The monoisotopic (exact) mass is 317 g/mol. The average Bonchev–Trinajstić information content (AvgIpc) is 2.41. The summed E-state index contributed by atoms with van der Waals surface area (Å²) in [5.41, 5.74) is 0. The van der Waals surface area contributed by atoms with Crippen molar-refractivity contribution in [2.24, 2.45) is 5.92 Å². The maximum atomic E-state index is 12.4. The molecule has 0 bridgehead atoms. The number of aromatic nitrogens is 1. The van der Waals surface area contributed by atoms with Crippen LogP contribution in [0.4, 0.5) is 5.82 Å². The standard InChI is InChI=1S/C13H20ClN3O2S/c1-9-5-3-4-6-12(9)17-20(18,19)10-7-11(14)13(15-2)16-8-10/h7-9,12,17H,3-6H2,1-2H3,(H,15,16). The SMILES string of the molecule is CNc1ncc(S(=O)(=O)NC2CCCCC2C)cc1Cl. The van der Waals surface area contributed by atoms with Crippen molar-refractivity contribution in [1.29, 1.82) is 0 Å². The lowest BCUT2D eigenvalue weighted by Crippen LogP contribution is -2.41. The topological polar surface area (TPSA) is 71.1 Å². The summed E-state index contributed by atoms with van der Waals surface area (Å²) in [7, 11) is -1.88. The highest BCUT2D eigenvalue weighted by molar-refractivity contribution is 7.89. The molecule has 2 unspecified atom stereocenters. The number of rotatable bonds is 4. The highest BCUT2D eigenvalue weighted by Crippen LogP contribution is 2.26. The van der Waals surface area contributed by atoms with Crippen LogP contribution in [-0.2, 0) is 10.0 Å². The second-order valence-corrected chi connectivity index (χ2v) is 7.36. The minimum absolute atomic E-state index is 0.00324. The van der Waals surface area contributed by atoms with Gasteiger partial charge in [-0.15, -0.1) is 0 Å². The maximum absolute atomic E-state index is 12.4. The Kier molecular flexibility index (Phi) is 4.88. The van der Waals surface area contributed by atoms with Crippen molar-refractivity contribution in [3.8, 4) is 0 Å². The summed E-state index contributed by atoms with van der Waals surface area (Å²) < 4.78 is 27.5. The smallest absolute Gasteiger partial charge is 0.242 e. The van der Waals surface area contributed by atoms with Gasteiger partial charge in [0.25, 0.3) is 0 Å². The number of nitrogens with one attached hydrogen (secondary N) is 2. The summed E-state index contributed by atoms with van der Waals surface area (Å²) in [4.78, 5) is 4.12. The van der Waals surface area contributed by atoms with Crippen LogP contribution in [0.5, 0.6) is 0 Å². The number of hydrogen-bond acceptors (Lipinski definition) is 4. The molecule has 2 atom stereocenters. The van der Waals surface area contributed by atoms with E-state index in [1.54, 1.807) is 7.05 Å². The van der Waals surface area contributed by atoms with Gasteiger partial charge in [0.2, 0.25) is 10.0 Å². The van der Waals surface area contributed by atoms with Crippen LogP contribution in [0.15, 0.2) is 17.2 Å². The molecule has 2 N–H and O–H groups in total. The van der Waals surface area contributed by atoms with Crippen LogP contribution in [0.2, 0.25) is 5.02 Å². The van der Waals surface area contributed by atoms with Crippen LogP contribution in [-0.4, -0.2) is 26.5 Å². The van der Waals surface area contributed by atoms with E-state index in [0.29, 0.717) is 16.8 Å². The molecule has 5 nitrogen and oxygen atoms in total. The predicted octanol–water partition coefficient (Wildman–Crippen LogP) is 2.63. The van der Waals surface area contributed by atoms with Gasteiger partial charge in [-0.2, -0.15) is 0 Å². The summed E-state index contributed by atoms with van der Waals surface area (Å²) in [6, 6.07) is 1.42. The molecule has 20 heavy (non-hydrogen) atoms. The van der Waals surface area contributed by atoms with Crippen LogP contribution in [0.1, 0.15) is 32.6 Å². The first kappa shape index (κ1) is 15.5. The van der Waals surface area contributed by atoms with E-state index in [0.717, 1.165) is 19.3 Å². The second-order valence-electron chi connectivity index (χ2n) is 5.24. The number of anilines is 1. The molecule has 0 radical (unpaired) electrons. The molecule has 0 amide bonds. The van der Waals surface area contributed by atoms with Crippen molar-refractivity contribution in [2.45, 2.75) is 43.5 Å². The predicted molar refractivity (Wildman–Crippen MR) is 80.5 cm³/mol. The Bertz CT molecular complexity index is 577. The largest absolute Gasteiger partial charge is 0.372 e. The Balaban J connectivity index is 2.19. The summed E-state index contributed by atoms with van der Waals surface area (Å²) in [5.74, 6) is 0.829. The van der Waals surface area contributed by atoms with E-state index in [4.69, 9.17) is 11.6 Å². The Morgan fingerprint density at radius 2 is 2.05 bits per heavy atom.